The molecular weight excluding hydrogens is 268 g/mol. The molecule has 1 aromatic carbocycles. The minimum absolute atomic E-state index is 0.0554. The molecule has 2 fully saturated rings. The minimum atomic E-state index is -0.358. The van der Waals surface area contributed by atoms with E-state index >= 15 is 0 Å². The third kappa shape index (κ3) is 2.65. The summed E-state index contributed by atoms with van der Waals surface area (Å²) in [5.74, 6) is 0.550. The van der Waals surface area contributed by atoms with Crippen molar-refractivity contribution in [1.82, 2.24) is 4.90 Å². The Morgan fingerprint density at radius 2 is 1.76 bits per heavy atom. The Morgan fingerprint density at radius 3 is 2.29 bits per heavy atom. The van der Waals surface area contributed by atoms with Crippen LogP contribution in [0, 0.1) is 11.8 Å². The molecular formula is C16H20N2O3. The van der Waals surface area contributed by atoms with Crippen LogP contribution in [-0.4, -0.2) is 29.4 Å². The molecule has 3 unspecified atom stereocenters. The highest BCUT2D eigenvalue weighted by Gasteiger charge is 2.58. The molecule has 3 rings (SSSR count). The Kier molecular flexibility index (Phi) is 3.45. The van der Waals surface area contributed by atoms with Gasteiger partial charge in [0.2, 0.25) is 11.8 Å². The van der Waals surface area contributed by atoms with Crippen LogP contribution in [0.1, 0.15) is 31.9 Å². The van der Waals surface area contributed by atoms with E-state index in [2.05, 4.69) is 0 Å². The van der Waals surface area contributed by atoms with Crippen LogP contribution < -0.4 is 10.5 Å². The molecule has 3 atom stereocenters. The van der Waals surface area contributed by atoms with Gasteiger partial charge in [-0.25, -0.2) is 0 Å². The van der Waals surface area contributed by atoms with Crippen molar-refractivity contribution in [2.45, 2.75) is 32.4 Å². The van der Waals surface area contributed by atoms with Crippen molar-refractivity contribution in [1.29, 1.82) is 0 Å². The summed E-state index contributed by atoms with van der Waals surface area (Å²) in [4.78, 5) is 25.2. The van der Waals surface area contributed by atoms with Crippen LogP contribution in [0.4, 0.5) is 0 Å². The quantitative estimate of drug-likeness (QED) is 0.833. The first-order chi connectivity index (χ1) is 9.97. The lowest BCUT2D eigenvalue weighted by Gasteiger charge is -2.21. The number of rotatable bonds is 5. The van der Waals surface area contributed by atoms with Gasteiger partial charge in [-0.05, 0) is 38.0 Å². The largest absolute Gasteiger partial charge is 0.491 e. The van der Waals surface area contributed by atoms with Crippen LogP contribution in [0.15, 0.2) is 24.3 Å². The molecule has 21 heavy (non-hydrogen) atoms. The number of fused-ring (bicyclic) bond motifs is 1. The number of nitrogens with two attached hydrogens (primary N) is 1. The van der Waals surface area contributed by atoms with Crippen molar-refractivity contribution < 1.29 is 14.3 Å². The molecule has 1 heterocycles. The highest BCUT2D eigenvalue weighted by atomic mass is 16.5. The van der Waals surface area contributed by atoms with E-state index in [1.165, 1.54) is 4.90 Å². The van der Waals surface area contributed by atoms with Crippen LogP contribution in [-0.2, 0) is 9.59 Å². The zero-order valence-electron chi connectivity index (χ0n) is 12.3. The average Bonchev–Trinajstić information content (AvgIpc) is 3.19. The zero-order chi connectivity index (χ0) is 15.1. The summed E-state index contributed by atoms with van der Waals surface area (Å²) in [7, 11) is 0. The van der Waals surface area contributed by atoms with Crippen LogP contribution in [0.5, 0.6) is 5.75 Å². The van der Waals surface area contributed by atoms with Gasteiger partial charge >= 0.3 is 0 Å². The summed E-state index contributed by atoms with van der Waals surface area (Å²) in [5.41, 5.74) is 7.02. The smallest absolute Gasteiger partial charge is 0.233 e. The topological polar surface area (TPSA) is 72.6 Å². The van der Waals surface area contributed by atoms with Crippen molar-refractivity contribution in [3.8, 4) is 5.75 Å². The Labute approximate surface area is 124 Å². The molecule has 5 heteroatoms. The number of nitrogens with zero attached hydrogens (tertiary/aromatic N) is 1. The van der Waals surface area contributed by atoms with E-state index in [-0.39, 0.29) is 42.3 Å². The van der Waals surface area contributed by atoms with Gasteiger partial charge in [-0.1, -0.05) is 12.1 Å². The van der Waals surface area contributed by atoms with Gasteiger partial charge in [0.1, 0.15) is 5.75 Å². The van der Waals surface area contributed by atoms with E-state index in [1.807, 2.05) is 38.1 Å². The second-order valence-electron chi connectivity index (χ2n) is 6.08. The maximum atomic E-state index is 11.9. The first kappa shape index (κ1) is 14.1. The van der Waals surface area contributed by atoms with E-state index in [9.17, 15) is 9.59 Å². The molecule has 2 N–H and O–H groups in total. The van der Waals surface area contributed by atoms with Gasteiger partial charge in [0.05, 0.1) is 17.9 Å². The van der Waals surface area contributed by atoms with Crippen molar-refractivity contribution in [2.24, 2.45) is 17.6 Å². The molecule has 2 amide bonds. The average molecular weight is 288 g/mol. The molecule has 5 nitrogen and oxygen atoms in total. The Balaban J connectivity index is 1.64. The van der Waals surface area contributed by atoms with Crippen LogP contribution >= 0.6 is 0 Å². The highest BCUT2D eigenvalue weighted by Crippen LogP contribution is 2.47. The maximum Gasteiger partial charge on any atom is 0.233 e. The first-order valence-corrected chi connectivity index (χ1v) is 7.35. The molecule has 2 aliphatic rings. The lowest BCUT2D eigenvalue weighted by molar-refractivity contribution is -0.141. The predicted octanol–water partition coefficient (Wildman–Crippen LogP) is 1.48. The van der Waals surface area contributed by atoms with Gasteiger partial charge in [0.15, 0.2) is 0 Å². The number of ether oxygens (including phenoxy) is 1. The molecule has 1 aromatic rings. The summed E-state index contributed by atoms with van der Waals surface area (Å²) in [6, 6.07) is 7.13. The molecule has 112 valence electrons. The number of hydrogen-bond donors (Lipinski definition) is 1. The number of imide groups is 1. The summed E-state index contributed by atoms with van der Waals surface area (Å²) in [5, 5.41) is 0. The molecule has 1 saturated carbocycles. The summed E-state index contributed by atoms with van der Waals surface area (Å²) in [6.45, 7) is 4.19. The SMILES string of the molecule is CC(C)Oc1ccc(C(N)CN2C(=O)C3CC3C2=O)cc1. The van der Waals surface area contributed by atoms with E-state index in [0.29, 0.717) is 0 Å². The van der Waals surface area contributed by atoms with E-state index in [0.717, 1.165) is 17.7 Å². The number of carbonyl (C=O) groups excluding carboxylic acids is 2. The number of amides is 2. The zero-order valence-corrected chi connectivity index (χ0v) is 12.3. The van der Waals surface area contributed by atoms with Crippen molar-refractivity contribution in [3.05, 3.63) is 29.8 Å². The third-order valence-corrected chi connectivity index (χ3v) is 4.02. The van der Waals surface area contributed by atoms with Gasteiger partial charge < -0.3 is 10.5 Å². The Bertz CT molecular complexity index is 547. The molecule has 1 aliphatic carbocycles. The highest BCUT2D eigenvalue weighted by molar-refractivity contribution is 6.08. The molecule has 0 radical (unpaired) electrons. The normalized spacial score (nSPS) is 25.2. The standard InChI is InChI=1S/C16H20N2O3/c1-9(2)21-11-5-3-10(4-6-11)14(17)8-18-15(19)12-7-13(12)16(18)20/h3-6,9,12-14H,7-8,17H2,1-2H3. The third-order valence-electron chi connectivity index (χ3n) is 4.02. The maximum absolute atomic E-state index is 11.9. The van der Waals surface area contributed by atoms with Gasteiger partial charge in [0.25, 0.3) is 0 Å². The molecule has 0 spiro atoms. The van der Waals surface area contributed by atoms with E-state index < -0.39 is 0 Å². The summed E-state index contributed by atoms with van der Waals surface area (Å²) < 4.78 is 5.58. The Morgan fingerprint density at radius 1 is 1.19 bits per heavy atom. The van der Waals surface area contributed by atoms with Gasteiger partial charge in [0, 0.05) is 12.6 Å². The van der Waals surface area contributed by atoms with Gasteiger partial charge in [-0.2, -0.15) is 0 Å². The lowest BCUT2D eigenvalue weighted by atomic mass is 10.1. The monoisotopic (exact) mass is 288 g/mol. The fourth-order valence-corrected chi connectivity index (χ4v) is 2.80. The Hall–Kier alpha value is -1.88. The van der Waals surface area contributed by atoms with E-state index in [4.69, 9.17) is 10.5 Å². The van der Waals surface area contributed by atoms with Crippen molar-refractivity contribution >= 4 is 11.8 Å². The van der Waals surface area contributed by atoms with Gasteiger partial charge in [-0.15, -0.1) is 0 Å². The fraction of sp³-hybridized carbons (Fsp3) is 0.500. The van der Waals surface area contributed by atoms with Crippen LogP contribution in [0.25, 0.3) is 0 Å². The van der Waals surface area contributed by atoms with Crippen LogP contribution in [0.2, 0.25) is 0 Å². The number of hydrogen-bond acceptors (Lipinski definition) is 4. The van der Waals surface area contributed by atoms with E-state index in [1.54, 1.807) is 0 Å². The summed E-state index contributed by atoms with van der Waals surface area (Å²) >= 11 is 0. The molecule has 1 aliphatic heterocycles. The second-order valence-corrected chi connectivity index (χ2v) is 6.08. The number of piperidine rings is 1. The number of benzene rings is 1. The minimum Gasteiger partial charge on any atom is -0.491 e. The van der Waals surface area contributed by atoms with Gasteiger partial charge in [-0.3, -0.25) is 14.5 Å². The van der Waals surface area contributed by atoms with Crippen LogP contribution in [0.3, 0.4) is 0 Å². The summed E-state index contributed by atoms with van der Waals surface area (Å²) in [6.07, 6.45) is 0.848. The second kappa shape index (κ2) is 5.15. The molecule has 1 saturated heterocycles. The number of carbonyl (C=O) groups is 2. The molecule has 0 bridgehead atoms. The predicted molar refractivity (Wildman–Crippen MR) is 77.5 cm³/mol. The number of likely N-dealkylation sites (tertiary alicyclic amines) is 1. The molecule has 0 aromatic heterocycles. The first-order valence-electron chi connectivity index (χ1n) is 7.35. The fourth-order valence-electron chi connectivity index (χ4n) is 2.80. The van der Waals surface area contributed by atoms with Crippen molar-refractivity contribution in [3.63, 3.8) is 0 Å². The van der Waals surface area contributed by atoms with Crippen molar-refractivity contribution in [2.75, 3.05) is 6.54 Å². The lowest BCUT2D eigenvalue weighted by Crippen LogP contribution is -2.38.